The smallest absolute Gasteiger partial charge is 0.220 e. The van der Waals surface area contributed by atoms with E-state index in [4.69, 9.17) is 4.74 Å². The molecule has 0 saturated carbocycles. The molecule has 0 aliphatic carbocycles. The van der Waals surface area contributed by atoms with Gasteiger partial charge in [0.1, 0.15) is 5.75 Å². The molecule has 24 heavy (non-hydrogen) atoms. The van der Waals surface area contributed by atoms with Gasteiger partial charge in [-0.15, -0.1) is 0 Å². The van der Waals surface area contributed by atoms with Gasteiger partial charge in [-0.3, -0.25) is 4.79 Å². The van der Waals surface area contributed by atoms with Gasteiger partial charge in [0, 0.05) is 25.6 Å². The molecule has 1 saturated heterocycles. The number of ether oxygens (including phenoxy) is 1. The summed E-state index contributed by atoms with van der Waals surface area (Å²) < 4.78 is 5.48. The Morgan fingerprint density at radius 3 is 2.75 bits per heavy atom. The Bertz CT molecular complexity index is 551. The molecule has 0 bridgehead atoms. The molecule has 2 atom stereocenters. The third-order valence-electron chi connectivity index (χ3n) is 5.18. The number of hydrogen-bond donors (Lipinski definition) is 1. The Morgan fingerprint density at radius 2 is 2.08 bits per heavy atom. The van der Waals surface area contributed by atoms with Crippen LogP contribution in [-0.4, -0.2) is 32.1 Å². The molecule has 0 spiro atoms. The molecule has 1 aliphatic rings. The Morgan fingerprint density at radius 1 is 1.38 bits per heavy atom. The number of para-hydroxylation sites is 2. The lowest BCUT2D eigenvalue weighted by atomic mass is 9.80. The summed E-state index contributed by atoms with van der Waals surface area (Å²) in [5.74, 6) is 1.43. The molecule has 134 valence electrons. The van der Waals surface area contributed by atoms with Crippen LogP contribution < -0.4 is 15.0 Å². The normalized spacial score (nSPS) is 19.7. The topological polar surface area (TPSA) is 41.6 Å². The van der Waals surface area contributed by atoms with Crippen LogP contribution in [0.1, 0.15) is 47.0 Å². The number of anilines is 1. The van der Waals surface area contributed by atoms with E-state index < -0.39 is 0 Å². The Kier molecular flexibility index (Phi) is 6.14. The van der Waals surface area contributed by atoms with Gasteiger partial charge in [-0.25, -0.2) is 0 Å². The monoisotopic (exact) mass is 332 g/mol. The second-order valence-corrected chi connectivity index (χ2v) is 8.00. The first-order chi connectivity index (χ1) is 11.3. The predicted molar refractivity (Wildman–Crippen MR) is 99.6 cm³/mol. The van der Waals surface area contributed by atoms with Crippen molar-refractivity contribution < 1.29 is 9.53 Å². The molecular formula is C20H32N2O2. The summed E-state index contributed by atoms with van der Waals surface area (Å²) in [6.45, 7) is 10.6. The molecule has 4 heteroatoms. The summed E-state index contributed by atoms with van der Waals surface area (Å²) in [7, 11) is 1.70. The summed E-state index contributed by atoms with van der Waals surface area (Å²) in [5.41, 5.74) is 1.27. The number of hydrogen-bond acceptors (Lipinski definition) is 3. The minimum atomic E-state index is 0.160. The molecule has 0 radical (unpaired) electrons. The van der Waals surface area contributed by atoms with Crippen LogP contribution in [0.5, 0.6) is 5.75 Å². The predicted octanol–water partition coefficient (Wildman–Crippen LogP) is 3.85. The maximum atomic E-state index is 12.4. The number of benzene rings is 1. The van der Waals surface area contributed by atoms with Gasteiger partial charge in [0.2, 0.25) is 5.91 Å². The van der Waals surface area contributed by atoms with Gasteiger partial charge in [-0.2, -0.15) is 0 Å². The molecule has 1 heterocycles. The number of nitrogens with zero attached hydrogens (tertiary/aromatic N) is 1. The molecule has 1 N–H and O–H groups in total. The van der Waals surface area contributed by atoms with E-state index in [1.165, 1.54) is 0 Å². The molecule has 2 unspecified atom stereocenters. The van der Waals surface area contributed by atoms with Crippen molar-refractivity contribution in [3.8, 4) is 5.75 Å². The van der Waals surface area contributed by atoms with Gasteiger partial charge in [-0.1, -0.05) is 39.8 Å². The Hall–Kier alpha value is -1.71. The number of piperidine rings is 1. The lowest BCUT2D eigenvalue weighted by Crippen LogP contribution is -2.48. The third kappa shape index (κ3) is 4.89. The zero-order chi connectivity index (χ0) is 17.7. The summed E-state index contributed by atoms with van der Waals surface area (Å²) in [6, 6.07) is 8.31. The number of carbonyl (C=O) groups excluding carboxylic acids is 1. The van der Waals surface area contributed by atoms with Crippen LogP contribution in [0, 0.1) is 11.3 Å². The fraction of sp³-hybridized carbons (Fsp3) is 0.650. The van der Waals surface area contributed by atoms with E-state index in [-0.39, 0.29) is 17.4 Å². The number of methoxy groups -OCH3 is 1. The third-order valence-corrected chi connectivity index (χ3v) is 5.18. The maximum Gasteiger partial charge on any atom is 0.220 e. The van der Waals surface area contributed by atoms with Crippen molar-refractivity contribution in [1.29, 1.82) is 0 Å². The van der Waals surface area contributed by atoms with Crippen LogP contribution in [0.15, 0.2) is 24.3 Å². The average Bonchev–Trinajstić information content (AvgIpc) is 2.54. The van der Waals surface area contributed by atoms with E-state index in [0.29, 0.717) is 12.3 Å². The maximum absolute atomic E-state index is 12.4. The molecule has 1 aromatic rings. The Balaban J connectivity index is 1.95. The standard InChI is InChI=1S/C20H32N2O2/c1-15(20(2,3)4)13-19(23)21-16-9-8-12-22(14-16)17-10-6-7-11-18(17)24-5/h6-7,10-11,15-16H,8-9,12-14H2,1-5H3,(H,21,23). The van der Waals surface area contributed by atoms with Crippen molar-refractivity contribution in [3.63, 3.8) is 0 Å². The SMILES string of the molecule is COc1ccccc1N1CCCC(NC(=O)CC(C)C(C)(C)C)C1. The summed E-state index contributed by atoms with van der Waals surface area (Å²) in [6.07, 6.45) is 2.72. The molecule has 0 aromatic heterocycles. The van der Waals surface area contributed by atoms with Gasteiger partial charge in [-0.05, 0) is 36.3 Å². The van der Waals surface area contributed by atoms with E-state index in [9.17, 15) is 4.79 Å². The van der Waals surface area contributed by atoms with Gasteiger partial charge in [0.25, 0.3) is 0 Å². The highest BCUT2D eigenvalue weighted by Gasteiger charge is 2.26. The highest BCUT2D eigenvalue weighted by molar-refractivity contribution is 5.76. The highest BCUT2D eigenvalue weighted by Crippen LogP contribution is 2.30. The molecule has 1 aromatic carbocycles. The fourth-order valence-corrected chi connectivity index (χ4v) is 3.08. The van der Waals surface area contributed by atoms with Crippen LogP contribution in [0.3, 0.4) is 0 Å². The molecule has 1 amide bonds. The van der Waals surface area contributed by atoms with Gasteiger partial charge in [0.05, 0.1) is 12.8 Å². The number of carbonyl (C=O) groups is 1. The Labute approximate surface area is 146 Å². The minimum absolute atomic E-state index is 0.160. The molecular weight excluding hydrogens is 300 g/mol. The van der Waals surface area contributed by atoms with Crippen molar-refractivity contribution in [1.82, 2.24) is 5.32 Å². The van der Waals surface area contributed by atoms with E-state index >= 15 is 0 Å². The molecule has 1 aliphatic heterocycles. The van der Waals surface area contributed by atoms with E-state index in [1.807, 2.05) is 18.2 Å². The lowest BCUT2D eigenvalue weighted by Gasteiger charge is -2.36. The van der Waals surface area contributed by atoms with Crippen LogP contribution in [0.2, 0.25) is 0 Å². The van der Waals surface area contributed by atoms with Crippen LogP contribution in [0.4, 0.5) is 5.69 Å². The highest BCUT2D eigenvalue weighted by atomic mass is 16.5. The molecule has 4 nitrogen and oxygen atoms in total. The van der Waals surface area contributed by atoms with Crippen LogP contribution >= 0.6 is 0 Å². The quantitative estimate of drug-likeness (QED) is 0.890. The minimum Gasteiger partial charge on any atom is -0.495 e. The average molecular weight is 332 g/mol. The molecule has 1 fully saturated rings. The van der Waals surface area contributed by atoms with Gasteiger partial charge >= 0.3 is 0 Å². The first-order valence-corrected chi connectivity index (χ1v) is 8.98. The van der Waals surface area contributed by atoms with Crippen molar-refractivity contribution in [2.24, 2.45) is 11.3 Å². The largest absolute Gasteiger partial charge is 0.495 e. The number of rotatable bonds is 5. The van der Waals surface area contributed by atoms with Crippen LogP contribution in [-0.2, 0) is 4.79 Å². The second kappa shape index (κ2) is 7.91. The first kappa shape index (κ1) is 18.6. The number of nitrogens with one attached hydrogen (secondary N) is 1. The summed E-state index contributed by atoms with van der Waals surface area (Å²) >= 11 is 0. The zero-order valence-corrected chi connectivity index (χ0v) is 15.8. The summed E-state index contributed by atoms with van der Waals surface area (Å²) in [4.78, 5) is 14.7. The summed E-state index contributed by atoms with van der Waals surface area (Å²) in [5, 5.41) is 3.24. The zero-order valence-electron chi connectivity index (χ0n) is 15.8. The van der Waals surface area contributed by atoms with Gasteiger partial charge in [0.15, 0.2) is 0 Å². The van der Waals surface area contributed by atoms with Crippen molar-refractivity contribution in [3.05, 3.63) is 24.3 Å². The van der Waals surface area contributed by atoms with Crippen molar-refractivity contribution in [2.45, 2.75) is 53.0 Å². The van der Waals surface area contributed by atoms with E-state index in [2.05, 4.69) is 44.0 Å². The molecule has 2 rings (SSSR count). The second-order valence-electron chi connectivity index (χ2n) is 8.00. The van der Waals surface area contributed by atoms with E-state index in [0.717, 1.165) is 37.4 Å². The first-order valence-electron chi connectivity index (χ1n) is 8.98. The van der Waals surface area contributed by atoms with E-state index in [1.54, 1.807) is 7.11 Å². The fourth-order valence-electron chi connectivity index (χ4n) is 3.08. The van der Waals surface area contributed by atoms with Crippen molar-refractivity contribution >= 4 is 11.6 Å². The van der Waals surface area contributed by atoms with Crippen molar-refractivity contribution in [2.75, 3.05) is 25.1 Å². The van der Waals surface area contributed by atoms with Crippen LogP contribution in [0.25, 0.3) is 0 Å². The lowest BCUT2D eigenvalue weighted by molar-refractivity contribution is -0.123. The number of amides is 1. The van der Waals surface area contributed by atoms with Gasteiger partial charge < -0.3 is 15.0 Å².